The van der Waals surface area contributed by atoms with E-state index in [9.17, 15) is 31.0 Å². The summed E-state index contributed by atoms with van der Waals surface area (Å²) in [6.07, 6.45) is 0. The number of hydrogen-bond donors (Lipinski definition) is 3. The Kier molecular flexibility index (Phi) is 12.1. The number of phenols is 1. The molecule has 4 aromatic rings. The summed E-state index contributed by atoms with van der Waals surface area (Å²) in [5.41, 5.74) is -0.655. The van der Waals surface area contributed by atoms with Crippen LogP contribution in [0.15, 0.2) is 62.5 Å². The third-order valence-electron chi connectivity index (χ3n) is 5.46. The SMILES string of the molecule is COc1ccc(N=Nc2c(S(=O)(=O)O)cc3cc(N(C)c4nc(Cl)nc(OC)n4)ccc3c2O)c(S(=O)(=O)O)c1.[Na].[Na]. The van der Waals surface area contributed by atoms with Crippen LogP contribution in [0.5, 0.6) is 17.5 Å². The number of aromatic hydroxyl groups is 1. The zero-order valence-electron chi connectivity index (χ0n) is 22.7. The molecular weight excluding hydrogens is 638 g/mol. The molecule has 0 aliphatic rings. The molecular formula is C22H19ClN6Na2O9S2. The Morgan fingerprint density at radius 3 is 2.12 bits per heavy atom. The molecule has 212 valence electrons. The monoisotopic (exact) mass is 656 g/mol. The van der Waals surface area contributed by atoms with Gasteiger partial charge in [-0.25, -0.2) is 0 Å². The number of anilines is 2. The maximum atomic E-state index is 12.2. The molecule has 0 saturated heterocycles. The van der Waals surface area contributed by atoms with Crippen molar-refractivity contribution in [3.8, 4) is 17.5 Å². The van der Waals surface area contributed by atoms with Crippen molar-refractivity contribution < 1.29 is 40.5 Å². The number of aromatic nitrogens is 3. The third-order valence-corrected chi connectivity index (χ3v) is 7.38. The molecule has 0 fully saturated rings. The number of benzene rings is 3. The van der Waals surface area contributed by atoms with Crippen LogP contribution in [0.2, 0.25) is 5.28 Å². The van der Waals surface area contributed by atoms with Crippen molar-refractivity contribution in [2.24, 2.45) is 10.2 Å². The number of rotatable bonds is 8. The second kappa shape index (κ2) is 14.1. The number of fused-ring (bicyclic) bond motifs is 1. The van der Waals surface area contributed by atoms with E-state index in [0.717, 1.165) is 18.2 Å². The maximum Gasteiger partial charge on any atom is 0.322 e. The van der Waals surface area contributed by atoms with E-state index in [2.05, 4.69) is 25.2 Å². The van der Waals surface area contributed by atoms with Crippen molar-refractivity contribution in [3.05, 3.63) is 47.7 Å². The Bertz CT molecular complexity index is 1900. The summed E-state index contributed by atoms with van der Waals surface area (Å²) in [5, 5.41) is 18.5. The fourth-order valence-corrected chi connectivity index (χ4v) is 4.98. The second-order valence-electron chi connectivity index (χ2n) is 7.91. The Morgan fingerprint density at radius 2 is 1.52 bits per heavy atom. The van der Waals surface area contributed by atoms with Gasteiger partial charge in [-0.3, -0.25) is 9.11 Å². The molecule has 3 aromatic carbocycles. The summed E-state index contributed by atoms with van der Waals surface area (Å²) < 4.78 is 77.5. The number of hydrogen-bond acceptors (Lipinski definition) is 13. The Morgan fingerprint density at radius 1 is 0.857 bits per heavy atom. The maximum absolute atomic E-state index is 12.2. The Labute approximate surface area is 289 Å². The van der Waals surface area contributed by atoms with Gasteiger partial charge in [-0.15, -0.1) is 10.2 Å². The van der Waals surface area contributed by atoms with Crippen molar-refractivity contribution in [1.29, 1.82) is 0 Å². The minimum Gasteiger partial charge on any atom is -0.505 e. The first-order chi connectivity index (χ1) is 18.7. The van der Waals surface area contributed by atoms with Gasteiger partial charge in [-0.1, -0.05) is 0 Å². The van der Waals surface area contributed by atoms with E-state index in [1.54, 1.807) is 13.1 Å². The standard InChI is InChI=1S/C22H19ClN6O9S2.2Na/c1-29(21-24-20(23)25-22(26-21)38-3)12-4-6-14-11(8-12)9-17(40(34,35)36)18(19(14)30)28-27-15-7-5-13(37-2)10-16(15)39(31,32)33;;/h4-10,30H,1-3H3,(H,31,32,33)(H,34,35,36);;. The van der Waals surface area contributed by atoms with Gasteiger partial charge in [0.1, 0.15) is 26.9 Å². The smallest absolute Gasteiger partial charge is 0.322 e. The van der Waals surface area contributed by atoms with Gasteiger partial charge in [0.05, 0.1) is 14.2 Å². The van der Waals surface area contributed by atoms with E-state index in [0.29, 0.717) is 5.69 Å². The molecule has 0 spiro atoms. The first kappa shape index (κ1) is 36.0. The van der Waals surface area contributed by atoms with Crippen LogP contribution in [0.3, 0.4) is 0 Å². The van der Waals surface area contributed by atoms with E-state index in [4.69, 9.17) is 21.1 Å². The normalized spacial score (nSPS) is 11.6. The van der Waals surface area contributed by atoms with E-state index in [-0.39, 0.29) is 92.9 Å². The average Bonchev–Trinajstić information content (AvgIpc) is 2.90. The first-order valence-corrected chi connectivity index (χ1v) is 14.0. The zero-order chi connectivity index (χ0) is 29.4. The molecule has 0 saturated carbocycles. The van der Waals surface area contributed by atoms with Crippen LogP contribution >= 0.6 is 11.6 Å². The molecule has 2 radical (unpaired) electrons. The molecule has 0 aliphatic heterocycles. The topological polar surface area (TPSA) is 214 Å². The number of ether oxygens (including phenoxy) is 2. The number of azo groups is 1. The van der Waals surface area contributed by atoms with Crippen LogP contribution in [0, 0.1) is 0 Å². The van der Waals surface area contributed by atoms with Gasteiger partial charge < -0.3 is 19.5 Å². The molecule has 42 heavy (non-hydrogen) atoms. The zero-order valence-corrected chi connectivity index (χ0v) is 29.1. The van der Waals surface area contributed by atoms with Gasteiger partial charge in [0.2, 0.25) is 11.2 Å². The summed E-state index contributed by atoms with van der Waals surface area (Å²) in [4.78, 5) is 11.9. The van der Waals surface area contributed by atoms with Gasteiger partial charge in [0, 0.05) is 83.3 Å². The molecule has 0 aliphatic carbocycles. The van der Waals surface area contributed by atoms with E-state index in [1.165, 1.54) is 37.3 Å². The van der Waals surface area contributed by atoms with Crippen LogP contribution in [0.25, 0.3) is 10.8 Å². The van der Waals surface area contributed by atoms with Crippen molar-refractivity contribution in [2.75, 3.05) is 26.2 Å². The summed E-state index contributed by atoms with van der Waals surface area (Å²) >= 11 is 5.92. The van der Waals surface area contributed by atoms with E-state index < -0.39 is 47.2 Å². The predicted octanol–water partition coefficient (Wildman–Crippen LogP) is 3.32. The molecule has 0 bridgehead atoms. The molecule has 15 nitrogen and oxygen atoms in total. The number of nitrogens with zero attached hydrogens (tertiary/aromatic N) is 6. The minimum atomic E-state index is -4.98. The van der Waals surface area contributed by atoms with Crippen LogP contribution in [-0.4, -0.2) is 126 Å². The quantitative estimate of drug-likeness (QED) is 0.141. The van der Waals surface area contributed by atoms with Crippen LogP contribution in [-0.2, 0) is 20.2 Å². The van der Waals surface area contributed by atoms with Gasteiger partial charge in [-0.2, -0.15) is 31.8 Å². The number of methoxy groups -OCH3 is 2. The van der Waals surface area contributed by atoms with Gasteiger partial charge >= 0.3 is 6.01 Å². The third kappa shape index (κ3) is 7.86. The number of phenolic OH excluding ortho intramolecular Hbond substituents is 1. The summed E-state index contributed by atoms with van der Waals surface area (Å²) in [5.74, 6) is -0.512. The molecule has 20 heteroatoms. The van der Waals surface area contributed by atoms with Gasteiger partial charge in [0.15, 0.2) is 5.75 Å². The molecule has 0 unspecified atom stereocenters. The predicted molar refractivity (Wildman–Crippen MR) is 153 cm³/mol. The first-order valence-electron chi connectivity index (χ1n) is 10.8. The second-order valence-corrected chi connectivity index (χ2v) is 11.0. The van der Waals surface area contributed by atoms with Crippen molar-refractivity contribution in [3.63, 3.8) is 0 Å². The fraction of sp³-hybridized carbons (Fsp3) is 0.136. The summed E-state index contributed by atoms with van der Waals surface area (Å²) in [6.45, 7) is 0. The molecule has 1 aromatic heterocycles. The van der Waals surface area contributed by atoms with Crippen LogP contribution in [0.4, 0.5) is 23.0 Å². The molecule has 4 rings (SSSR count). The summed E-state index contributed by atoms with van der Waals surface area (Å²) in [6, 6.07) is 8.87. The number of halogens is 1. The molecule has 0 amide bonds. The molecule has 1 heterocycles. The molecule has 3 N–H and O–H groups in total. The van der Waals surface area contributed by atoms with E-state index >= 15 is 0 Å². The van der Waals surface area contributed by atoms with Crippen LogP contribution < -0.4 is 14.4 Å². The van der Waals surface area contributed by atoms with Crippen LogP contribution in [0.1, 0.15) is 0 Å². The van der Waals surface area contributed by atoms with Crippen molar-refractivity contribution >= 4 is 125 Å². The van der Waals surface area contributed by atoms with Gasteiger partial charge in [-0.05, 0) is 53.4 Å². The van der Waals surface area contributed by atoms with Crippen molar-refractivity contribution in [2.45, 2.75) is 9.79 Å². The Balaban J connectivity index is 0.00000308. The van der Waals surface area contributed by atoms with E-state index in [1.807, 2.05) is 0 Å². The van der Waals surface area contributed by atoms with Gasteiger partial charge in [0.25, 0.3) is 20.2 Å². The average molecular weight is 657 g/mol. The minimum absolute atomic E-state index is 0. The molecule has 0 atom stereocenters. The largest absolute Gasteiger partial charge is 0.505 e. The van der Waals surface area contributed by atoms with Crippen molar-refractivity contribution in [1.82, 2.24) is 15.0 Å². The fourth-order valence-electron chi connectivity index (χ4n) is 3.53. The Hall–Kier alpha value is -2.16. The summed E-state index contributed by atoms with van der Waals surface area (Å²) in [7, 11) is -5.58.